The molecule has 76 valence electrons. The smallest absolute Gasteiger partial charge is 0.340 e. The standard InChI is InChI=1S/C9H10BrNO3/c1-14-9(13)7-4-6(2-3-12)5-11-8(7)10/h4-5,12H,2-3H2,1H3. The molecule has 5 heteroatoms. The van der Waals surface area contributed by atoms with E-state index in [0.717, 1.165) is 5.56 Å². The Morgan fingerprint density at radius 1 is 1.71 bits per heavy atom. The van der Waals surface area contributed by atoms with E-state index in [1.165, 1.54) is 7.11 Å². The van der Waals surface area contributed by atoms with Gasteiger partial charge in [-0.1, -0.05) is 0 Å². The molecule has 0 amide bonds. The van der Waals surface area contributed by atoms with Gasteiger partial charge in [0.2, 0.25) is 0 Å². The minimum absolute atomic E-state index is 0.0317. The largest absolute Gasteiger partial charge is 0.465 e. The highest BCUT2D eigenvalue weighted by Gasteiger charge is 2.11. The Morgan fingerprint density at radius 2 is 2.43 bits per heavy atom. The average molecular weight is 260 g/mol. The summed E-state index contributed by atoms with van der Waals surface area (Å²) in [7, 11) is 1.31. The molecule has 0 aliphatic heterocycles. The zero-order valence-electron chi connectivity index (χ0n) is 7.66. The number of methoxy groups -OCH3 is 1. The molecule has 1 aromatic heterocycles. The van der Waals surface area contributed by atoms with Crippen LogP contribution < -0.4 is 0 Å². The Labute approximate surface area is 90.0 Å². The Morgan fingerprint density at radius 3 is 3.00 bits per heavy atom. The number of aliphatic hydroxyl groups excluding tert-OH is 1. The van der Waals surface area contributed by atoms with Crippen LogP contribution in [-0.2, 0) is 11.2 Å². The molecule has 0 saturated heterocycles. The molecule has 0 atom stereocenters. The van der Waals surface area contributed by atoms with Gasteiger partial charge in [-0.05, 0) is 34.0 Å². The lowest BCUT2D eigenvalue weighted by Gasteiger charge is -2.04. The van der Waals surface area contributed by atoms with Crippen LogP contribution in [0, 0.1) is 0 Å². The van der Waals surface area contributed by atoms with E-state index >= 15 is 0 Å². The van der Waals surface area contributed by atoms with Crippen LogP contribution in [0.1, 0.15) is 15.9 Å². The monoisotopic (exact) mass is 259 g/mol. The number of aromatic nitrogens is 1. The van der Waals surface area contributed by atoms with E-state index in [1.807, 2.05) is 0 Å². The second kappa shape index (κ2) is 5.07. The Bertz CT molecular complexity index is 341. The molecule has 14 heavy (non-hydrogen) atoms. The lowest BCUT2D eigenvalue weighted by atomic mass is 10.1. The fourth-order valence-electron chi connectivity index (χ4n) is 1.01. The van der Waals surface area contributed by atoms with Gasteiger partial charge >= 0.3 is 5.97 Å². The molecular weight excluding hydrogens is 250 g/mol. The van der Waals surface area contributed by atoms with Crippen LogP contribution in [-0.4, -0.2) is 29.8 Å². The van der Waals surface area contributed by atoms with Gasteiger partial charge in [0.25, 0.3) is 0 Å². The molecule has 1 N–H and O–H groups in total. The normalized spacial score (nSPS) is 9.93. The maximum Gasteiger partial charge on any atom is 0.340 e. The molecule has 0 radical (unpaired) electrons. The molecule has 0 bridgehead atoms. The second-order valence-electron chi connectivity index (χ2n) is 2.65. The fourth-order valence-corrected chi connectivity index (χ4v) is 1.39. The third-order valence-electron chi connectivity index (χ3n) is 1.70. The summed E-state index contributed by atoms with van der Waals surface area (Å²) in [4.78, 5) is 15.2. The molecule has 0 saturated carbocycles. The summed E-state index contributed by atoms with van der Waals surface area (Å²) in [5.74, 6) is -0.441. The van der Waals surface area contributed by atoms with E-state index < -0.39 is 5.97 Å². The number of rotatable bonds is 3. The van der Waals surface area contributed by atoms with Crippen molar-refractivity contribution in [1.82, 2.24) is 4.98 Å². The minimum atomic E-state index is -0.441. The van der Waals surface area contributed by atoms with Crippen molar-refractivity contribution in [1.29, 1.82) is 0 Å². The summed E-state index contributed by atoms with van der Waals surface area (Å²) in [6.45, 7) is 0.0317. The van der Waals surface area contributed by atoms with Crippen molar-refractivity contribution >= 4 is 21.9 Å². The summed E-state index contributed by atoms with van der Waals surface area (Å²) in [5, 5.41) is 8.72. The van der Waals surface area contributed by atoms with Gasteiger partial charge in [0, 0.05) is 12.8 Å². The van der Waals surface area contributed by atoms with Crippen molar-refractivity contribution in [3.63, 3.8) is 0 Å². The first-order valence-electron chi connectivity index (χ1n) is 4.02. The number of nitrogens with zero attached hydrogens (tertiary/aromatic N) is 1. The number of halogens is 1. The lowest BCUT2D eigenvalue weighted by molar-refractivity contribution is 0.0599. The topological polar surface area (TPSA) is 59.4 Å². The zero-order chi connectivity index (χ0) is 10.6. The summed E-state index contributed by atoms with van der Waals surface area (Å²) >= 11 is 3.15. The molecule has 1 heterocycles. The number of hydrogen-bond acceptors (Lipinski definition) is 4. The van der Waals surface area contributed by atoms with Crippen molar-refractivity contribution in [3.05, 3.63) is 28.0 Å². The van der Waals surface area contributed by atoms with Gasteiger partial charge < -0.3 is 9.84 Å². The van der Waals surface area contributed by atoms with Gasteiger partial charge in [-0.15, -0.1) is 0 Å². The highest BCUT2D eigenvalue weighted by Crippen LogP contribution is 2.16. The first-order chi connectivity index (χ1) is 6.69. The minimum Gasteiger partial charge on any atom is -0.465 e. The SMILES string of the molecule is COC(=O)c1cc(CCO)cnc1Br. The summed E-state index contributed by atoms with van der Waals surface area (Å²) in [6.07, 6.45) is 2.08. The third-order valence-corrected chi connectivity index (χ3v) is 2.33. The quantitative estimate of drug-likeness (QED) is 0.654. The Hall–Kier alpha value is -0.940. The van der Waals surface area contributed by atoms with Crippen molar-refractivity contribution < 1.29 is 14.6 Å². The van der Waals surface area contributed by atoms with E-state index in [2.05, 4.69) is 25.7 Å². The van der Waals surface area contributed by atoms with Crippen molar-refractivity contribution in [2.24, 2.45) is 0 Å². The van der Waals surface area contributed by atoms with Gasteiger partial charge in [0.15, 0.2) is 0 Å². The molecule has 1 rings (SSSR count). The second-order valence-corrected chi connectivity index (χ2v) is 3.40. The van der Waals surface area contributed by atoms with Crippen molar-refractivity contribution in [2.75, 3.05) is 13.7 Å². The molecule has 0 aromatic carbocycles. The Kier molecular flexibility index (Phi) is 4.03. The molecule has 0 aliphatic rings. The van der Waals surface area contributed by atoms with Gasteiger partial charge in [0.05, 0.1) is 12.7 Å². The predicted octanol–water partition coefficient (Wildman–Crippen LogP) is 1.17. The fraction of sp³-hybridized carbons (Fsp3) is 0.333. The van der Waals surface area contributed by atoms with E-state index in [4.69, 9.17) is 5.11 Å². The van der Waals surface area contributed by atoms with Gasteiger partial charge in [-0.25, -0.2) is 9.78 Å². The van der Waals surface area contributed by atoms with E-state index in [1.54, 1.807) is 12.3 Å². The van der Waals surface area contributed by atoms with Crippen LogP contribution in [0.4, 0.5) is 0 Å². The molecule has 0 fully saturated rings. The van der Waals surface area contributed by atoms with Gasteiger partial charge in [0.1, 0.15) is 4.60 Å². The summed E-state index contributed by atoms with van der Waals surface area (Å²) in [5.41, 5.74) is 1.18. The highest BCUT2D eigenvalue weighted by molar-refractivity contribution is 9.10. The van der Waals surface area contributed by atoms with Gasteiger partial charge in [-0.3, -0.25) is 0 Å². The van der Waals surface area contributed by atoms with E-state index in [9.17, 15) is 4.79 Å². The molecule has 0 aliphatic carbocycles. The molecule has 0 unspecified atom stereocenters. The number of ether oxygens (including phenoxy) is 1. The Balaban J connectivity index is 3.01. The van der Waals surface area contributed by atoms with Crippen LogP contribution in [0.2, 0.25) is 0 Å². The van der Waals surface area contributed by atoms with E-state index in [0.29, 0.717) is 16.6 Å². The zero-order valence-corrected chi connectivity index (χ0v) is 9.24. The van der Waals surface area contributed by atoms with Crippen molar-refractivity contribution in [2.45, 2.75) is 6.42 Å². The summed E-state index contributed by atoms with van der Waals surface area (Å²) < 4.78 is 5.03. The number of esters is 1. The van der Waals surface area contributed by atoms with Crippen LogP contribution in [0.5, 0.6) is 0 Å². The number of carbonyl (C=O) groups excluding carboxylic acids is 1. The van der Waals surface area contributed by atoms with Crippen molar-refractivity contribution in [3.8, 4) is 0 Å². The number of pyridine rings is 1. The number of hydrogen-bond donors (Lipinski definition) is 1. The summed E-state index contributed by atoms with van der Waals surface area (Å²) in [6, 6.07) is 1.65. The first-order valence-corrected chi connectivity index (χ1v) is 4.82. The maximum absolute atomic E-state index is 11.2. The maximum atomic E-state index is 11.2. The molecular formula is C9H10BrNO3. The van der Waals surface area contributed by atoms with Crippen LogP contribution in [0.25, 0.3) is 0 Å². The average Bonchev–Trinajstić information content (AvgIpc) is 2.20. The molecule has 0 spiro atoms. The third kappa shape index (κ3) is 2.52. The number of carbonyl (C=O) groups is 1. The van der Waals surface area contributed by atoms with Gasteiger partial charge in [-0.2, -0.15) is 0 Å². The van der Waals surface area contributed by atoms with Crippen LogP contribution in [0.3, 0.4) is 0 Å². The highest BCUT2D eigenvalue weighted by atomic mass is 79.9. The number of aliphatic hydroxyl groups is 1. The molecule has 4 nitrogen and oxygen atoms in total. The lowest BCUT2D eigenvalue weighted by Crippen LogP contribution is -2.05. The molecule has 1 aromatic rings. The van der Waals surface area contributed by atoms with Crippen LogP contribution >= 0.6 is 15.9 Å². The predicted molar refractivity (Wildman–Crippen MR) is 54.1 cm³/mol. The van der Waals surface area contributed by atoms with Crippen LogP contribution in [0.15, 0.2) is 16.9 Å². The van der Waals surface area contributed by atoms with E-state index in [-0.39, 0.29) is 6.61 Å². The first kappa shape index (κ1) is 11.1.